The lowest BCUT2D eigenvalue weighted by atomic mass is 9.97. The predicted octanol–water partition coefficient (Wildman–Crippen LogP) is 3.81. The van der Waals surface area contributed by atoms with Gasteiger partial charge in [0, 0.05) is 28.4 Å². The standard InChI is InChI=1S/C18H20ClN3O2S/c19-12-7-9-13(10-8-12)20-16(23)6-3-11-25-18-21-15-5-2-1-4-14(15)17(24)22-18/h7-10H,1-6,11H2,(H,20,23)(H,21,22,24). The van der Waals surface area contributed by atoms with E-state index in [1.807, 2.05) is 0 Å². The summed E-state index contributed by atoms with van der Waals surface area (Å²) in [4.78, 5) is 31.4. The second-order valence-corrected chi connectivity index (χ2v) is 7.53. The minimum atomic E-state index is -0.0326. The van der Waals surface area contributed by atoms with Crippen molar-refractivity contribution < 1.29 is 4.79 Å². The van der Waals surface area contributed by atoms with Gasteiger partial charge in [-0.1, -0.05) is 23.4 Å². The van der Waals surface area contributed by atoms with Gasteiger partial charge in [0.15, 0.2) is 5.16 Å². The summed E-state index contributed by atoms with van der Waals surface area (Å²) >= 11 is 7.31. The minimum Gasteiger partial charge on any atom is -0.326 e. The fraction of sp³-hybridized carbons (Fsp3) is 0.389. The molecule has 2 aromatic rings. The number of aromatic amines is 1. The van der Waals surface area contributed by atoms with Crippen LogP contribution in [-0.4, -0.2) is 21.6 Å². The van der Waals surface area contributed by atoms with Crippen LogP contribution in [-0.2, 0) is 17.6 Å². The maximum absolute atomic E-state index is 12.1. The Morgan fingerprint density at radius 2 is 2.00 bits per heavy atom. The number of aromatic nitrogens is 2. The lowest BCUT2D eigenvalue weighted by Gasteiger charge is -2.14. The highest BCUT2D eigenvalue weighted by molar-refractivity contribution is 7.99. The van der Waals surface area contributed by atoms with Gasteiger partial charge in [0.25, 0.3) is 5.56 Å². The molecule has 25 heavy (non-hydrogen) atoms. The summed E-state index contributed by atoms with van der Waals surface area (Å²) in [7, 11) is 0. The molecule has 0 unspecified atom stereocenters. The van der Waals surface area contributed by atoms with E-state index in [2.05, 4.69) is 15.3 Å². The summed E-state index contributed by atoms with van der Waals surface area (Å²) in [6.07, 6.45) is 5.00. The molecule has 7 heteroatoms. The van der Waals surface area contributed by atoms with E-state index >= 15 is 0 Å². The molecule has 0 spiro atoms. The number of nitrogens with zero attached hydrogens (tertiary/aromatic N) is 1. The van der Waals surface area contributed by atoms with Crippen molar-refractivity contribution >= 4 is 35.0 Å². The molecule has 0 aliphatic heterocycles. The molecule has 3 rings (SSSR count). The lowest BCUT2D eigenvalue weighted by molar-refractivity contribution is -0.116. The molecule has 1 aromatic heterocycles. The van der Waals surface area contributed by atoms with Crippen molar-refractivity contribution in [3.63, 3.8) is 0 Å². The van der Waals surface area contributed by atoms with Crippen molar-refractivity contribution in [2.24, 2.45) is 0 Å². The predicted molar refractivity (Wildman–Crippen MR) is 102 cm³/mol. The van der Waals surface area contributed by atoms with Crippen molar-refractivity contribution in [1.82, 2.24) is 9.97 Å². The smallest absolute Gasteiger partial charge is 0.254 e. The van der Waals surface area contributed by atoms with Gasteiger partial charge in [-0.2, -0.15) is 0 Å². The molecule has 1 aliphatic rings. The normalized spacial score (nSPS) is 13.3. The van der Waals surface area contributed by atoms with E-state index in [-0.39, 0.29) is 11.5 Å². The number of fused-ring (bicyclic) bond motifs is 1. The summed E-state index contributed by atoms with van der Waals surface area (Å²) in [5.74, 6) is 0.699. The van der Waals surface area contributed by atoms with Crippen molar-refractivity contribution in [2.45, 2.75) is 43.7 Å². The first kappa shape index (κ1) is 18.0. The molecular formula is C18H20ClN3O2S. The van der Waals surface area contributed by atoms with Crippen molar-refractivity contribution in [3.8, 4) is 0 Å². The Hall–Kier alpha value is -1.79. The molecule has 1 aliphatic carbocycles. The molecule has 0 atom stereocenters. The van der Waals surface area contributed by atoms with E-state index in [0.717, 1.165) is 48.4 Å². The van der Waals surface area contributed by atoms with Gasteiger partial charge in [0.05, 0.1) is 5.69 Å². The number of aryl methyl sites for hydroxylation is 1. The van der Waals surface area contributed by atoms with E-state index in [4.69, 9.17) is 11.6 Å². The molecule has 1 heterocycles. The Labute approximate surface area is 155 Å². The first-order chi connectivity index (χ1) is 12.1. The van der Waals surface area contributed by atoms with Crippen LogP contribution in [0.2, 0.25) is 5.02 Å². The highest BCUT2D eigenvalue weighted by Crippen LogP contribution is 2.20. The average molecular weight is 378 g/mol. The van der Waals surface area contributed by atoms with Gasteiger partial charge in [0.1, 0.15) is 0 Å². The molecule has 0 saturated heterocycles. The van der Waals surface area contributed by atoms with Crippen LogP contribution in [0.1, 0.15) is 36.9 Å². The van der Waals surface area contributed by atoms with E-state index in [1.54, 1.807) is 24.3 Å². The van der Waals surface area contributed by atoms with Crippen LogP contribution < -0.4 is 10.9 Å². The van der Waals surface area contributed by atoms with Crippen molar-refractivity contribution in [2.75, 3.05) is 11.1 Å². The van der Waals surface area contributed by atoms with Crippen LogP contribution in [0.5, 0.6) is 0 Å². The zero-order chi connectivity index (χ0) is 17.6. The second-order valence-electron chi connectivity index (χ2n) is 6.01. The minimum absolute atomic E-state index is 0.00678. The molecule has 0 bridgehead atoms. The topological polar surface area (TPSA) is 74.8 Å². The molecule has 5 nitrogen and oxygen atoms in total. The Morgan fingerprint density at radius 3 is 2.80 bits per heavy atom. The molecule has 0 fully saturated rings. The maximum Gasteiger partial charge on any atom is 0.254 e. The van der Waals surface area contributed by atoms with E-state index < -0.39 is 0 Å². The Balaban J connectivity index is 1.45. The number of halogens is 1. The van der Waals surface area contributed by atoms with Gasteiger partial charge in [0.2, 0.25) is 5.91 Å². The largest absolute Gasteiger partial charge is 0.326 e. The highest BCUT2D eigenvalue weighted by Gasteiger charge is 2.15. The van der Waals surface area contributed by atoms with E-state index in [0.29, 0.717) is 23.0 Å². The second kappa shape index (κ2) is 8.54. The number of anilines is 1. The number of thioether (sulfide) groups is 1. The number of carbonyl (C=O) groups excluding carboxylic acids is 1. The molecule has 1 amide bonds. The Kier molecular flexibility index (Phi) is 6.15. The summed E-state index contributed by atoms with van der Waals surface area (Å²) in [5.41, 5.74) is 2.52. The van der Waals surface area contributed by atoms with Crippen molar-refractivity contribution in [3.05, 3.63) is 50.9 Å². The fourth-order valence-electron chi connectivity index (χ4n) is 2.81. The van der Waals surface area contributed by atoms with Crippen LogP contribution in [0.4, 0.5) is 5.69 Å². The number of hydrogen-bond donors (Lipinski definition) is 2. The first-order valence-electron chi connectivity index (χ1n) is 8.42. The summed E-state index contributed by atoms with van der Waals surface area (Å²) in [6.45, 7) is 0. The van der Waals surface area contributed by atoms with Gasteiger partial charge in [-0.25, -0.2) is 4.98 Å². The van der Waals surface area contributed by atoms with E-state index in [9.17, 15) is 9.59 Å². The van der Waals surface area contributed by atoms with Gasteiger partial charge in [-0.3, -0.25) is 9.59 Å². The van der Waals surface area contributed by atoms with Gasteiger partial charge in [-0.05, 0) is 56.4 Å². The number of H-pyrrole nitrogens is 1. The number of carbonyl (C=O) groups is 1. The van der Waals surface area contributed by atoms with E-state index in [1.165, 1.54) is 11.8 Å². The molecule has 1 aromatic carbocycles. The van der Waals surface area contributed by atoms with Crippen molar-refractivity contribution in [1.29, 1.82) is 0 Å². The molecule has 132 valence electrons. The zero-order valence-corrected chi connectivity index (χ0v) is 15.4. The van der Waals surface area contributed by atoms with Crippen LogP contribution in [0.3, 0.4) is 0 Å². The molecule has 2 N–H and O–H groups in total. The monoisotopic (exact) mass is 377 g/mol. The fourth-order valence-corrected chi connectivity index (χ4v) is 3.75. The summed E-state index contributed by atoms with van der Waals surface area (Å²) < 4.78 is 0. The molecule has 0 saturated carbocycles. The average Bonchev–Trinajstić information content (AvgIpc) is 2.61. The number of amides is 1. The quantitative estimate of drug-likeness (QED) is 0.456. The third-order valence-electron chi connectivity index (χ3n) is 4.08. The SMILES string of the molecule is O=C(CCCSc1nc2c(c(=O)[nH]1)CCCC2)Nc1ccc(Cl)cc1. The lowest BCUT2D eigenvalue weighted by Crippen LogP contribution is -2.21. The maximum atomic E-state index is 12.1. The van der Waals surface area contributed by atoms with Crippen LogP contribution in [0, 0.1) is 0 Å². The number of benzene rings is 1. The van der Waals surface area contributed by atoms with Gasteiger partial charge >= 0.3 is 0 Å². The highest BCUT2D eigenvalue weighted by atomic mass is 35.5. The first-order valence-corrected chi connectivity index (χ1v) is 9.78. The third-order valence-corrected chi connectivity index (χ3v) is 5.30. The van der Waals surface area contributed by atoms with Gasteiger partial charge < -0.3 is 10.3 Å². The van der Waals surface area contributed by atoms with Crippen LogP contribution in [0.25, 0.3) is 0 Å². The Bertz CT molecular complexity index is 805. The molecule has 0 radical (unpaired) electrons. The summed E-state index contributed by atoms with van der Waals surface area (Å²) in [5, 5.41) is 4.13. The number of hydrogen-bond acceptors (Lipinski definition) is 4. The van der Waals surface area contributed by atoms with Crippen LogP contribution >= 0.6 is 23.4 Å². The number of nitrogens with one attached hydrogen (secondary N) is 2. The van der Waals surface area contributed by atoms with Gasteiger partial charge in [-0.15, -0.1) is 0 Å². The van der Waals surface area contributed by atoms with Crippen LogP contribution in [0.15, 0.2) is 34.2 Å². The molecular weight excluding hydrogens is 358 g/mol. The number of rotatable bonds is 6. The third kappa shape index (κ3) is 5.09. The Morgan fingerprint density at radius 1 is 1.24 bits per heavy atom. The zero-order valence-electron chi connectivity index (χ0n) is 13.8. The summed E-state index contributed by atoms with van der Waals surface area (Å²) in [6, 6.07) is 7.03.